The van der Waals surface area contributed by atoms with Crippen LogP contribution in [0, 0.1) is 11.8 Å². The average molecular weight is 1630 g/mol. The van der Waals surface area contributed by atoms with Crippen molar-refractivity contribution in [3.05, 3.63) is 212 Å². The fourth-order valence-corrected chi connectivity index (χ4v) is 21.2. The van der Waals surface area contributed by atoms with Crippen molar-refractivity contribution in [2.24, 2.45) is 0 Å². The minimum Gasteiger partial charge on any atom is -0.271 e. The predicted octanol–water partition coefficient (Wildman–Crippen LogP) is 28.4. The minimum atomic E-state index is -0.433. The molecule has 0 unspecified atom stereocenters. The van der Waals surface area contributed by atoms with Crippen LogP contribution < -0.4 is 0 Å². The van der Waals surface area contributed by atoms with Crippen LogP contribution in [0.3, 0.4) is 0 Å². The van der Waals surface area contributed by atoms with E-state index in [1.54, 1.807) is 9.80 Å². The molecule has 0 aromatic heterocycles. The lowest BCUT2D eigenvalue weighted by Crippen LogP contribution is -2.47. The second-order valence-electron chi connectivity index (χ2n) is 36.0. The van der Waals surface area contributed by atoms with Crippen LogP contribution in [0.5, 0.6) is 0 Å². The standard InChI is InChI=1S/C110H122N4O8/c1-5-9-13-17-21-25-29-33-37-49-77(50-38-34-30-26-22-18-14-10-6-2)113-107(119)91-67-59-83-79-55-63-87-99-88(64-56-80(95(79)99)84-60-68-92(108(113)120)101(91)97(83)84)104(116)111(103(87)115)71-75-47-43-41-45-73(75)53-54-74-46-42-44-48-76(74)72-112-105(117)89-65-57-81-85-61-69-93-102-94(70-62-86(98(85)102)82-58-66-90(106(112)118)100(89)96(81)82)110(122)114(109(93)121)78(51-39-35-31-27-23-19-15-11-7-3)52-40-36-32-28-24-20-16-12-8-4/h41-48,55-70,77-78H,5-40,49-52,71-72H2,1-4H3. The van der Waals surface area contributed by atoms with E-state index in [4.69, 9.17) is 0 Å². The summed E-state index contributed by atoms with van der Waals surface area (Å²) in [5.74, 6) is 4.10. The van der Waals surface area contributed by atoms with Crippen LogP contribution in [-0.2, 0) is 13.1 Å². The van der Waals surface area contributed by atoms with Gasteiger partial charge in [-0.3, -0.25) is 58.0 Å². The van der Waals surface area contributed by atoms with Crippen LogP contribution in [0.15, 0.2) is 146 Å². The van der Waals surface area contributed by atoms with Crippen molar-refractivity contribution in [1.29, 1.82) is 0 Å². The molecule has 630 valence electrons. The Morgan fingerprint density at radius 2 is 0.402 bits per heavy atom. The molecule has 0 radical (unpaired) electrons. The summed E-state index contributed by atoms with van der Waals surface area (Å²) in [6.45, 7) is 8.88. The molecule has 4 aliphatic heterocycles. The lowest BCUT2D eigenvalue weighted by Gasteiger charge is -2.35. The largest absolute Gasteiger partial charge is 0.271 e. The topological polar surface area (TPSA) is 150 Å². The van der Waals surface area contributed by atoms with Crippen LogP contribution in [-0.4, -0.2) is 78.9 Å². The maximum Gasteiger partial charge on any atom is 0.261 e. The van der Waals surface area contributed by atoms with E-state index in [0.29, 0.717) is 88.3 Å². The molecule has 0 fully saturated rings. The molecule has 4 aliphatic rings. The van der Waals surface area contributed by atoms with Gasteiger partial charge < -0.3 is 0 Å². The van der Waals surface area contributed by atoms with E-state index in [1.807, 2.05) is 146 Å². The molecule has 12 aromatic carbocycles. The summed E-state index contributed by atoms with van der Waals surface area (Å²) in [5.41, 5.74) is 6.26. The molecule has 12 heteroatoms. The van der Waals surface area contributed by atoms with Gasteiger partial charge in [0.25, 0.3) is 47.3 Å². The van der Waals surface area contributed by atoms with Gasteiger partial charge in [0.15, 0.2) is 0 Å². The van der Waals surface area contributed by atoms with E-state index in [2.05, 4.69) is 39.5 Å². The highest BCUT2D eigenvalue weighted by Crippen LogP contribution is 2.50. The number of hydrogen-bond acceptors (Lipinski definition) is 8. The molecule has 0 spiro atoms. The van der Waals surface area contributed by atoms with Crippen molar-refractivity contribution in [1.82, 2.24) is 19.6 Å². The molecule has 0 saturated carbocycles. The Morgan fingerprint density at radius 3 is 0.615 bits per heavy atom. The molecule has 0 saturated heterocycles. The number of amides is 8. The van der Waals surface area contributed by atoms with Gasteiger partial charge in [0.1, 0.15) is 0 Å². The molecule has 0 N–H and O–H groups in total. The molecule has 4 heterocycles. The Kier molecular flexibility index (Phi) is 27.3. The average Bonchev–Trinajstić information content (AvgIpc) is 0.693. The quantitative estimate of drug-likeness (QED) is 0.0120. The molecule has 12 nitrogen and oxygen atoms in total. The molecule has 16 rings (SSSR count). The fraction of sp³-hybridized carbons (Fsp3) is 0.436. The summed E-state index contributed by atoms with van der Waals surface area (Å²) in [5, 5.41) is 12.5. The van der Waals surface area contributed by atoms with Crippen molar-refractivity contribution >= 4 is 133 Å². The van der Waals surface area contributed by atoms with E-state index < -0.39 is 23.6 Å². The van der Waals surface area contributed by atoms with Crippen molar-refractivity contribution in [2.75, 3.05) is 0 Å². The van der Waals surface area contributed by atoms with Gasteiger partial charge in [-0.1, -0.05) is 356 Å². The molecule has 0 bridgehead atoms. The zero-order valence-electron chi connectivity index (χ0n) is 72.8. The summed E-state index contributed by atoms with van der Waals surface area (Å²) < 4.78 is 0. The van der Waals surface area contributed by atoms with Crippen molar-refractivity contribution in [3.63, 3.8) is 0 Å². The number of rotatable bonds is 46. The SMILES string of the molecule is CCCCCCCCCCCC(CCCCCCCCCCC)N1C(=O)c2ccc3c4ccc5c6c(ccc(c7ccc(c2c37)C1=O)c64)C(=O)N(Cc1ccccc1C#Cc1ccccc1CN1C(=O)c2ccc3c4ccc6c7c(ccc(c8ccc(c2c38)C1=O)c74)C(=O)N(C(CCCCCCCCCCC)CCCCCCCCCCC)C6=O)C5=O. The third-order valence-corrected chi connectivity index (χ3v) is 27.8. The van der Waals surface area contributed by atoms with Gasteiger partial charge in [-0.05, 0) is 162 Å². The van der Waals surface area contributed by atoms with Crippen LogP contribution in [0.1, 0.15) is 390 Å². The Morgan fingerprint density at radius 1 is 0.213 bits per heavy atom. The van der Waals surface area contributed by atoms with Gasteiger partial charge in [0.05, 0.1) is 13.1 Å². The zero-order chi connectivity index (χ0) is 84.3. The molecule has 8 amide bonds. The highest BCUT2D eigenvalue weighted by Gasteiger charge is 2.43. The zero-order valence-corrected chi connectivity index (χ0v) is 72.8. The van der Waals surface area contributed by atoms with Gasteiger partial charge in [-0.15, -0.1) is 0 Å². The van der Waals surface area contributed by atoms with Crippen molar-refractivity contribution < 1.29 is 38.4 Å². The lowest BCUT2D eigenvalue weighted by atomic mass is 9.82. The summed E-state index contributed by atoms with van der Waals surface area (Å²) in [7, 11) is 0. The van der Waals surface area contributed by atoms with E-state index in [0.717, 1.165) is 142 Å². The molecule has 12 aromatic rings. The normalized spacial score (nSPS) is 14.1. The fourth-order valence-electron chi connectivity index (χ4n) is 21.2. The van der Waals surface area contributed by atoms with Gasteiger partial charge in [-0.2, -0.15) is 0 Å². The first kappa shape index (κ1) is 84.9. The van der Waals surface area contributed by atoms with Gasteiger partial charge in [0, 0.05) is 89.3 Å². The number of hydrogen-bond donors (Lipinski definition) is 0. The molecular formula is C110H122N4O8. The summed E-state index contributed by atoms with van der Waals surface area (Å²) in [4.78, 5) is 127. The molecule has 122 heavy (non-hydrogen) atoms. The summed E-state index contributed by atoms with van der Waals surface area (Å²) in [6.07, 6.45) is 46.6. The Balaban J connectivity index is 0.619. The van der Waals surface area contributed by atoms with E-state index in [9.17, 15) is 0 Å². The summed E-state index contributed by atoms with van der Waals surface area (Å²) >= 11 is 0. The maximum absolute atomic E-state index is 15.2. The maximum atomic E-state index is 15.2. The Bertz CT molecular complexity index is 5370. The third kappa shape index (κ3) is 16.8. The molecule has 0 atom stereocenters. The first-order chi connectivity index (χ1) is 59.9. The highest BCUT2D eigenvalue weighted by atomic mass is 16.2. The van der Waals surface area contributed by atoms with Gasteiger partial charge in [-0.25, -0.2) is 0 Å². The van der Waals surface area contributed by atoms with Crippen LogP contribution >= 0.6 is 0 Å². The van der Waals surface area contributed by atoms with E-state index in [1.165, 1.54) is 190 Å². The van der Waals surface area contributed by atoms with Crippen molar-refractivity contribution in [2.45, 2.75) is 310 Å². The number of carbonyl (C=O) groups is 8. The van der Waals surface area contributed by atoms with Gasteiger partial charge in [0.2, 0.25) is 0 Å². The summed E-state index contributed by atoms with van der Waals surface area (Å²) in [6, 6.07) is 45.3. The third-order valence-electron chi connectivity index (χ3n) is 27.8. The van der Waals surface area contributed by atoms with E-state index in [-0.39, 0.29) is 48.8 Å². The Hall–Kier alpha value is -10.6. The highest BCUT2D eigenvalue weighted by molar-refractivity contribution is 6.43. The second-order valence-corrected chi connectivity index (χ2v) is 36.0. The minimum absolute atomic E-state index is 0.0634. The van der Waals surface area contributed by atoms with Gasteiger partial charge >= 0.3 is 0 Å². The van der Waals surface area contributed by atoms with Crippen LogP contribution in [0.2, 0.25) is 0 Å². The number of benzene rings is 12. The first-order valence-corrected chi connectivity index (χ1v) is 47.4. The number of unbranched alkanes of at least 4 members (excludes halogenated alkanes) is 32. The smallest absolute Gasteiger partial charge is 0.261 e. The monoisotopic (exact) mass is 1630 g/mol. The number of imide groups is 4. The predicted molar refractivity (Wildman–Crippen MR) is 499 cm³/mol. The number of nitrogens with zero attached hydrogens (tertiary/aromatic N) is 4. The number of carbonyl (C=O) groups excluding carboxylic acids is 8. The molecular weight excluding hydrogens is 1510 g/mol. The first-order valence-electron chi connectivity index (χ1n) is 47.4. The Labute approximate surface area is 720 Å². The number of fused-ring (bicyclic) bond motifs is 4. The molecule has 0 aliphatic carbocycles. The van der Waals surface area contributed by atoms with Crippen molar-refractivity contribution in [3.8, 4) is 11.8 Å². The second kappa shape index (κ2) is 39.3. The van der Waals surface area contributed by atoms with E-state index >= 15 is 38.4 Å². The van der Waals surface area contributed by atoms with Crippen LogP contribution in [0.4, 0.5) is 0 Å². The van der Waals surface area contributed by atoms with Crippen LogP contribution in [0.25, 0.3) is 86.2 Å². The lowest BCUT2D eigenvalue weighted by molar-refractivity contribution is 0.0501.